The van der Waals surface area contributed by atoms with Gasteiger partial charge in [-0.1, -0.05) is 11.6 Å². The molecule has 94 valence electrons. The summed E-state index contributed by atoms with van der Waals surface area (Å²) in [5.74, 6) is 0.435. The van der Waals surface area contributed by atoms with Gasteiger partial charge in [0, 0.05) is 5.02 Å². The maximum Gasteiger partial charge on any atom is 0.407 e. The van der Waals surface area contributed by atoms with E-state index in [1.165, 1.54) is 4.90 Å². The number of Topliss-reactive ketones (excluding diaryl/α,β-unsaturated/α-hetero) is 1. The van der Waals surface area contributed by atoms with Crippen LogP contribution in [-0.4, -0.2) is 40.6 Å². The average molecular weight is 268 g/mol. The first-order chi connectivity index (χ1) is 8.49. The number of halogens is 1. The summed E-state index contributed by atoms with van der Waals surface area (Å²) in [6.45, 7) is 0.465. The molecule has 0 atom stereocenters. The van der Waals surface area contributed by atoms with Gasteiger partial charge in [0.15, 0.2) is 11.4 Å². The van der Waals surface area contributed by atoms with Gasteiger partial charge in [-0.15, -0.1) is 0 Å². The second kappa shape index (κ2) is 3.62. The monoisotopic (exact) mass is 267 g/mol. The molecule has 0 aliphatic carbocycles. The van der Waals surface area contributed by atoms with Crippen molar-refractivity contribution in [3.63, 3.8) is 0 Å². The summed E-state index contributed by atoms with van der Waals surface area (Å²) >= 11 is 5.83. The van der Waals surface area contributed by atoms with Crippen molar-refractivity contribution >= 4 is 23.5 Å². The molecule has 6 heteroatoms. The van der Waals surface area contributed by atoms with Crippen molar-refractivity contribution in [2.45, 2.75) is 12.0 Å². The molecule has 1 amide bonds. The molecule has 0 radical (unpaired) electrons. The molecule has 1 saturated heterocycles. The largest absolute Gasteiger partial charge is 0.482 e. The van der Waals surface area contributed by atoms with Gasteiger partial charge >= 0.3 is 6.09 Å². The zero-order valence-electron chi connectivity index (χ0n) is 9.35. The minimum Gasteiger partial charge on any atom is -0.482 e. The number of carbonyl (C=O) groups is 2. The lowest BCUT2D eigenvalue weighted by atomic mass is 9.84. The predicted octanol–water partition coefficient (Wildman–Crippen LogP) is 2.04. The molecule has 18 heavy (non-hydrogen) atoms. The van der Waals surface area contributed by atoms with Gasteiger partial charge in [0.1, 0.15) is 5.75 Å². The second-order valence-electron chi connectivity index (χ2n) is 4.66. The molecular weight excluding hydrogens is 258 g/mol. The minimum absolute atomic E-state index is 0.0520. The van der Waals surface area contributed by atoms with E-state index in [1.54, 1.807) is 18.2 Å². The Hall–Kier alpha value is -1.75. The predicted molar refractivity (Wildman–Crippen MR) is 63.4 cm³/mol. The summed E-state index contributed by atoms with van der Waals surface area (Å²) in [6, 6.07) is 4.89. The molecule has 0 aromatic heterocycles. The number of hydrogen-bond acceptors (Lipinski definition) is 3. The van der Waals surface area contributed by atoms with Gasteiger partial charge in [0.25, 0.3) is 0 Å². The zero-order valence-corrected chi connectivity index (χ0v) is 10.1. The SMILES string of the molecule is O=C1CC2(CN(C(=O)O)C2)Oc2ccc(Cl)cc21. The normalized spacial score (nSPS) is 20.1. The Morgan fingerprint density at radius 2 is 2.17 bits per heavy atom. The highest BCUT2D eigenvalue weighted by molar-refractivity contribution is 6.31. The number of likely N-dealkylation sites (tertiary alicyclic amines) is 1. The first-order valence-electron chi connectivity index (χ1n) is 5.49. The number of hydrogen-bond donors (Lipinski definition) is 1. The van der Waals surface area contributed by atoms with Crippen LogP contribution in [0.2, 0.25) is 5.02 Å². The van der Waals surface area contributed by atoms with Crippen LogP contribution in [0.15, 0.2) is 18.2 Å². The summed E-state index contributed by atoms with van der Waals surface area (Å²) in [4.78, 5) is 24.0. The van der Waals surface area contributed by atoms with Gasteiger partial charge in [-0.25, -0.2) is 4.79 Å². The van der Waals surface area contributed by atoms with Crippen LogP contribution in [0, 0.1) is 0 Å². The van der Waals surface area contributed by atoms with Gasteiger partial charge in [0.2, 0.25) is 0 Å². The number of carbonyl (C=O) groups excluding carboxylic acids is 1. The quantitative estimate of drug-likeness (QED) is 0.781. The van der Waals surface area contributed by atoms with Crippen molar-refractivity contribution < 1.29 is 19.4 Å². The Bertz CT molecular complexity index is 551. The number of fused-ring (bicyclic) bond motifs is 1. The number of ketones is 1. The number of ether oxygens (including phenoxy) is 1. The van der Waals surface area contributed by atoms with Gasteiger partial charge in [-0.3, -0.25) is 4.79 Å². The van der Waals surface area contributed by atoms with Crippen LogP contribution in [0.5, 0.6) is 5.75 Å². The van der Waals surface area contributed by atoms with Crippen LogP contribution in [0.3, 0.4) is 0 Å². The van der Waals surface area contributed by atoms with E-state index >= 15 is 0 Å². The van der Waals surface area contributed by atoms with Crippen molar-refractivity contribution in [3.05, 3.63) is 28.8 Å². The summed E-state index contributed by atoms with van der Waals surface area (Å²) in [5.41, 5.74) is -0.210. The molecule has 1 spiro atoms. The van der Waals surface area contributed by atoms with Crippen molar-refractivity contribution in [2.24, 2.45) is 0 Å². The first-order valence-corrected chi connectivity index (χ1v) is 5.87. The Labute approximate surface area is 108 Å². The minimum atomic E-state index is -0.987. The standard InChI is InChI=1S/C12H10ClNO4/c13-7-1-2-10-8(3-7)9(15)4-12(18-10)5-14(6-12)11(16)17/h1-3H,4-6H2,(H,16,17). The molecule has 0 saturated carbocycles. The highest BCUT2D eigenvalue weighted by Gasteiger charge is 2.51. The Morgan fingerprint density at radius 3 is 2.83 bits per heavy atom. The van der Waals surface area contributed by atoms with E-state index in [4.69, 9.17) is 21.4 Å². The molecule has 5 nitrogen and oxygen atoms in total. The van der Waals surface area contributed by atoms with Crippen LogP contribution >= 0.6 is 11.6 Å². The van der Waals surface area contributed by atoms with E-state index in [1.807, 2.05) is 0 Å². The third-order valence-electron chi connectivity index (χ3n) is 3.28. The van der Waals surface area contributed by atoms with Crippen LogP contribution in [-0.2, 0) is 0 Å². The molecule has 0 bridgehead atoms. The molecule has 1 fully saturated rings. The van der Waals surface area contributed by atoms with Crippen molar-refractivity contribution in [1.82, 2.24) is 4.90 Å². The molecule has 2 aliphatic heterocycles. The Kier molecular flexibility index (Phi) is 2.28. The maximum atomic E-state index is 12.0. The van der Waals surface area contributed by atoms with Crippen molar-refractivity contribution in [2.75, 3.05) is 13.1 Å². The summed E-state index contributed by atoms with van der Waals surface area (Å²) < 4.78 is 5.78. The lowest BCUT2D eigenvalue weighted by Crippen LogP contribution is -2.67. The lowest BCUT2D eigenvalue weighted by Gasteiger charge is -2.49. The third kappa shape index (κ3) is 1.62. The Morgan fingerprint density at radius 1 is 1.44 bits per heavy atom. The van der Waals surface area contributed by atoms with E-state index in [0.29, 0.717) is 16.3 Å². The van der Waals surface area contributed by atoms with E-state index in [9.17, 15) is 9.59 Å². The number of amides is 1. The smallest absolute Gasteiger partial charge is 0.407 e. The first kappa shape index (κ1) is 11.3. The van der Waals surface area contributed by atoms with Gasteiger partial charge in [-0.2, -0.15) is 0 Å². The van der Waals surface area contributed by atoms with Crippen LogP contribution in [0.1, 0.15) is 16.8 Å². The number of nitrogens with zero attached hydrogens (tertiary/aromatic N) is 1. The Balaban J connectivity index is 1.87. The van der Waals surface area contributed by atoms with E-state index in [-0.39, 0.29) is 25.3 Å². The number of benzene rings is 1. The van der Waals surface area contributed by atoms with Crippen LogP contribution in [0.4, 0.5) is 4.79 Å². The molecular formula is C12H10ClNO4. The molecule has 1 N–H and O–H groups in total. The van der Waals surface area contributed by atoms with E-state index < -0.39 is 11.7 Å². The van der Waals surface area contributed by atoms with E-state index in [0.717, 1.165) is 0 Å². The second-order valence-corrected chi connectivity index (χ2v) is 5.10. The summed E-state index contributed by atoms with van der Waals surface area (Å²) in [5, 5.41) is 9.30. The highest BCUT2D eigenvalue weighted by atomic mass is 35.5. The molecule has 2 aliphatic rings. The number of rotatable bonds is 0. The van der Waals surface area contributed by atoms with Gasteiger partial charge in [-0.05, 0) is 18.2 Å². The maximum absolute atomic E-state index is 12.0. The van der Waals surface area contributed by atoms with E-state index in [2.05, 4.69) is 0 Å². The lowest BCUT2D eigenvalue weighted by molar-refractivity contribution is -0.0684. The van der Waals surface area contributed by atoms with Crippen LogP contribution in [0.25, 0.3) is 0 Å². The third-order valence-corrected chi connectivity index (χ3v) is 3.51. The highest BCUT2D eigenvalue weighted by Crippen LogP contribution is 2.39. The fourth-order valence-electron chi connectivity index (χ4n) is 2.43. The van der Waals surface area contributed by atoms with Crippen molar-refractivity contribution in [1.29, 1.82) is 0 Å². The zero-order chi connectivity index (χ0) is 12.9. The average Bonchev–Trinajstić information content (AvgIpc) is 2.26. The number of carboxylic acid groups (broad SMARTS) is 1. The molecule has 3 rings (SSSR count). The molecule has 0 unspecified atom stereocenters. The van der Waals surface area contributed by atoms with Crippen molar-refractivity contribution in [3.8, 4) is 5.75 Å². The van der Waals surface area contributed by atoms with Gasteiger partial charge < -0.3 is 14.7 Å². The summed E-state index contributed by atoms with van der Waals surface area (Å²) in [6.07, 6.45) is -0.789. The molecule has 1 aromatic rings. The molecule has 1 aromatic carbocycles. The summed E-state index contributed by atoms with van der Waals surface area (Å²) in [7, 11) is 0. The fourth-order valence-corrected chi connectivity index (χ4v) is 2.60. The fraction of sp³-hybridized carbons (Fsp3) is 0.333. The van der Waals surface area contributed by atoms with Gasteiger partial charge in [0.05, 0.1) is 25.1 Å². The topological polar surface area (TPSA) is 66.8 Å². The van der Waals surface area contributed by atoms with Crippen LogP contribution < -0.4 is 4.74 Å². The molecule has 2 heterocycles.